The minimum absolute atomic E-state index is 0.0742. The molecule has 3 rings (SSSR count). The van der Waals surface area contributed by atoms with Crippen molar-refractivity contribution in [1.29, 1.82) is 0 Å². The molecule has 0 saturated heterocycles. The fourth-order valence-corrected chi connectivity index (χ4v) is 4.33. The van der Waals surface area contributed by atoms with Crippen molar-refractivity contribution < 1.29 is 17.9 Å². The number of benzene rings is 2. The molecule has 1 aliphatic rings. The molecule has 2 aromatic rings. The molecule has 0 spiro atoms. The number of nitrogens with zero attached hydrogens (tertiary/aromatic N) is 1. The van der Waals surface area contributed by atoms with Crippen molar-refractivity contribution in [1.82, 2.24) is 5.32 Å². The molecule has 1 amide bonds. The number of hydrogen-bond donors (Lipinski definition) is 1. The van der Waals surface area contributed by atoms with Gasteiger partial charge in [-0.1, -0.05) is 48.5 Å². The van der Waals surface area contributed by atoms with Crippen LogP contribution in [0.1, 0.15) is 5.56 Å². The number of hydrogen-bond acceptors (Lipinski definition) is 4. The monoisotopic (exact) mass is 372 g/mol. The van der Waals surface area contributed by atoms with E-state index >= 15 is 0 Å². The highest BCUT2D eigenvalue weighted by molar-refractivity contribution is 7.92. The van der Waals surface area contributed by atoms with Crippen LogP contribution in [0.3, 0.4) is 0 Å². The van der Waals surface area contributed by atoms with Crippen molar-refractivity contribution in [3.8, 4) is 5.75 Å². The molecule has 0 saturated carbocycles. The van der Waals surface area contributed by atoms with Gasteiger partial charge in [0.15, 0.2) is 6.10 Å². The predicted molar refractivity (Wildman–Crippen MR) is 100 cm³/mol. The number of ether oxygens (including phenoxy) is 1. The normalized spacial score (nSPS) is 16.3. The van der Waals surface area contributed by atoms with Gasteiger partial charge in [0.05, 0.1) is 18.0 Å². The van der Waals surface area contributed by atoms with Gasteiger partial charge in [-0.3, -0.25) is 9.10 Å². The van der Waals surface area contributed by atoms with Gasteiger partial charge in [0.25, 0.3) is 5.91 Å². The van der Waals surface area contributed by atoms with E-state index < -0.39 is 16.1 Å². The van der Waals surface area contributed by atoms with Gasteiger partial charge in [-0.05, 0) is 17.7 Å². The summed E-state index contributed by atoms with van der Waals surface area (Å²) in [5.74, 6) is -0.156. The minimum atomic E-state index is -3.68. The van der Waals surface area contributed by atoms with Crippen molar-refractivity contribution in [2.75, 3.05) is 17.4 Å². The Morgan fingerprint density at radius 2 is 1.88 bits per heavy atom. The third-order valence-electron chi connectivity index (χ3n) is 3.98. The number of rotatable bonds is 6. The standard InChI is InChI=1S/C19H20N2O4S/c1-2-12-20-19(22)18-13-21(16-10-6-7-11-17(16)25-18)26(23,24)14-15-8-4-3-5-9-15/h2-11,18H,1,12-14H2,(H,20,22)/t18-/m0/s1. The Labute approximate surface area is 153 Å². The highest BCUT2D eigenvalue weighted by Gasteiger charge is 2.36. The van der Waals surface area contributed by atoms with Crippen LogP contribution in [0.15, 0.2) is 67.3 Å². The van der Waals surface area contributed by atoms with Crippen LogP contribution in [0.2, 0.25) is 0 Å². The lowest BCUT2D eigenvalue weighted by Crippen LogP contribution is -2.50. The summed E-state index contributed by atoms with van der Waals surface area (Å²) >= 11 is 0. The number of nitrogens with one attached hydrogen (secondary N) is 1. The van der Waals surface area contributed by atoms with E-state index in [4.69, 9.17) is 4.74 Å². The van der Waals surface area contributed by atoms with Crippen LogP contribution in [0.25, 0.3) is 0 Å². The van der Waals surface area contributed by atoms with Gasteiger partial charge in [0.1, 0.15) is 5.75 Å². The molecule has 26 heavy (non-hydrogen) atoms. The van der Waals surface area contributed by atoms with E-state index in [2.05, 4.69) is 11.9 Å². The van der Waals surface area contributed by atoms with Crippen LogP contribution in [0.4, 0.5) is 5.69 Å². The summed E-state index contributed by atoms with van der Waals surface area (Å²) in [7, 11) is -3.68. The summed E-state index contributed by atoms with van der Waals surface area (Å²) in [5, 5.41) is 2.65. The summed E-state index contributed by atoms with van der Waals surface area (Å²) < 4.78 is 33.0. The first-order chi connectivity index (χ1) is 12.5. The van der Waals surface area contributed by atoms with E-state index in [1.165, 1.54) is 4.31 Å². The van der Waals surface area contributed by atoms with Crippen molar-refractivity contribution in [2.45, 2.75) is 11.9 Å². The Morgan fingerprint density at radius 1 is 1.19 bits per heavy atom. The van der Waals surface area contributed by atoms with Gasteiger partial charge < -0.3 is 10.1 Å². The molecule has 1 aliphatic heterocycles. The zero-order valence-corrected chi connectivity index (χ0v) is 15.0. The molecule has 1 heterocycles. The van der Waals surface area contributed by atoms with Gasteiger partial charge in [0, 0.05) is 6.54 Å². The molecular formula is C19H20N2O4S. The quantitative estimate of drug-likeness (QED) is 0.788. The summed E-state index contributed by atoms with van der Waals surface area (Å²) in [6, 6.07) is 15.8. The predicted octanol–water partition coefficient (Wildman–Crippen LogP) is 2.09. The van der Waals surface area contributed by atoms with Crippen LogP contribution in [0, 0.1) is 0 Å². The summed E-state index contributed by atoms with van der Waals surface area (Å²) in [6.45, 7) is 3.77. The van der Waals surface area contributed by atoms with E-state index in [1.54, 1.807) is 54.6 Å². The minimum Gasteiger partial charge on any atom is -0.476 e. The molecule has 0 aliphatic carbocycles. The van der Waals surface area contributed by atoms with Crippen LogP contribution in [0.5, 0.6) is 5.75 Å². The molecule has 2 aromatic carbocycles. The molecule has 6 nitrogen and oxygen atoms in total. The number of para-hydroxylation sites is 2. The third kappa shape index (κ3) is 3.88. The Bertz CT molecular complexity index is 897. The summed E-state index contributed by atoms with van der Waals surface area (Å²) in [6.07, 6.45) is 0.633. The van der Waals surface area contributed by atoms with Crippen LogP contribution in [-0.2, 0) is 20.6 Å². The second-order valence-corrected chi connectivity index (χ2v) is 7.77. The van der Waals surface area contributed by atoms with Crippen molar-refractivity contribution in [3.63, 3.8) is 0 Å². The van der Waals surface area contributed by atoms with Gasteiger partial charge in [-0.15, -0.1) is 6.58 Å². The first-order valence-electron chi connectivity index (χ1n) is 8.20. The van der Waals surface area contributed by atoms with Gasteiger partial charge in [-0.25, -0.2) is 8.42 Å². The van der Waals surface area contributed by atoms with Crippen molar-refractivity contribution in [2.24, 2.45) is 0 Å². The highest BCUT2D eigenvalue weighted by Crippen LogP contribution is 2.35. The molecule has 0 unspecified atom stereocenters. The topological polar surface area (TPSA) is 75.7 Å². The lowest BCUT2D eigenvalue weighted by Gasteiger charge is -2.34. The lowest BCUT2D eigenvalue weighted by atomic mass is 10.2. The van der Waals surface area contributed by atoms with E-state index in [9.17, 15) is 13.2 Å². The number of carbonyl (C=O) groups excluding carboxylic acids is 1. The molecular weight excluding hydrogens is 352 g/mol. The van der Waals surface area contributed by atoms with Crippen LogP contribution >= 0.6 is 0 Å². The Balaban J connectivity index is 1.91. The van der Waals surface area contributed by atoms with Crippen LogP contribution < -0.4 is 14.4 Å². The molecule has 0 aromatic heterocycles. The number of sulfonamides is 1. The van der Waals surface area contributed by atoms with E-state index in [0.29, 0.717) is 17.0 Å². The first kappa shape index (κ1) is 18.0. The average Bonchev–Trinajstić information content (AvgIpc) is 2.65. The molecule has 0 radical (unpaired) electrons. The van der Waals surface area contributed by atoms with Crippen LogP contribution in [-0.4, -0.2) is 33.5 Å². The second-order valence-electron chi connectivity index (χ2n) is 5.88. The number of fused-ring (bicyclic) bond motifs is 1. The zero-order valence-electron chi connectivity index (χ0n) is 14.2. The Kier molecular flexibility index (Phi) is 5.27. The fraction of sp³-hybridized carbons (Fsp3) is 0.211. The third-order valence-corrected chi connectivity index (χ3v) is 5.69. The molecule has 0 bridgehead atoms. The summed E-state index contributed by atoms with van der Waals surface area (Å²) in [4.78, 5) is 12.3. The maximum Gasteiger partial charge on any atom is 0.263 e. The SMILES string of the molecule is C=CCNC(=O)[C@@H]1CN(S(=O)(=O)Cc2ccccc2)c2ccccc2O1. The van der Waals surface area contributed by atoms with Crippen molar-refractivity contribution >= 4 is 21.6 Å². The molecule has 7 heteroatoms. The van der Waals surface area contributed by atoms with E-state index in [1.807, 2.05) is 6.07 Å². The smallest absolute Gasteiger partial charge is 0.263 e. The largest absolute Gasteiger partial charge is 0.476 e. The van der Waals surface area contributed by atoms with Crippen molar-refractivity contribution in [3.05, 3.63) is 72.8 Å². The number of carbonyl (C=O) groups is 1. The van der Waals surface area contributed by atoms with E-state index in [0.717, 1.165) is 0 Å². The first-order valence-corrected chi connectivity index (χ1v) is 9.81. The van der Waals surface area contributed by atoms with Gasteiger partial charge in [-0.2, -0.15) is 0 Å². The second kappa shape index (κ2) is 7.61. The van der Waals surface area contributed by atoms with E-state index in [-0.39, 0.29) is 24.7 Å². The fourth-order valence-electron chi connectivity index (χ4n) is 2.75. The zero-order chi connectivity index (χ0) is 18.6. The lowest BCUT2D eigenvalue weighted by molar-refractivity contribution is -0.127. The van der Waals surface area contributed by atoms with Gasteiger partial charge in [0.2, 0.25) is 10.0 Å². The summed E-state index contributed by atoms with van der Waals surface area (Å²) in [5.41, 5.74) is 1.13. The molecule has 1 N–H and O–H groups in total. The maximum atomic E-state index is 13.0. The number of anilines is 1. The average molecular weight is 372 g/mol. The number of amides is 1. The molecule has 0 fully saturated rings. The molecule has 136 valence electrons. The highest BCUT2D eigenvalue weighted by atomic mass is 32.2. The van der Waals surface area contributed by atoms with Gasteiger partial charge >= 0.3 is 0 Å². The Morgan fingerprint density at radius 3 is 2.62 bits per heavy atom. The maximum absolute atomic E-state index is 13.0. The molecule has 1 atom stereocenters. The Hall–Kier alpha value is -2.80.